The Bertz CT molecular complexity index is 950. The number of carbonyl (C=O) groups is 1. The molecule has 4 nitrogen and oxygen atoms in total. The van der Waals surface area contributed by atoms with Crippen LogP contribution in [0.2, 0.25) is 5.02 Å². The highest BCUT2D eigenvalue weighted by atomic mass is 127. The normalized spacial score (nSPS) is 15.0. The highest BCUT2D eigenvalue weighted by Crippen LogP contribution is 2.26. The van der Waals surface area contributed by atoms with Crippen LogP contribution in [-0.4, -0.2) is 18.5 Å². The molecule has 0 unspecified atom stereocenters. The van der Waals surface area contributed by atoms with E-state index in [2.05, 4.69) is 34.2 Å². The van der Waals surface area contributed by atoms with E-state index in [-0.39, 0.29) is 11.6 Å². The molecule has 0 saturated carbocycles. The third-order valence-corrected chi connectivity index (χ3v) is 4.43. The first kappa shape index (κ1) is 18.7. The van der Waals surface area contributed by atoms with Crippen molar-refractivity contribution in [3.8, 4) is 5.75 Å². The summed E-state index contributed by atoms with van der Waals surface area (Å²) < 4.78 is 11.9. The molecule has 2 aromatic rings. The zero-order chi connectivity index (χ0) is 18.7. The van der Waals surface area contributed by atoms with Crippen molar-refractivity contribution in [2.75, 3.05) is 6.61 Å². The molecule has 2 aromatic carbocycles. The number of esters is 1. The van der Waals surface area contributed by atoms with Gasteiger partial charge < -0.3 is 9.47 Å². The first-order valence-corrected chi connectivity index (χ1v) is 9.23. The van der Waals surface area contributed by atoms with E-state index in [0.717, 1.165) is 14.7 Å². The maximum atomic E-state index is 12.2. The van der Waals surface area contributed by atoms with E-state index in [9.17, 15) is 4.79 Å². The zero-order valence-electron chi connectivity index (χ0n) is 14.0. The fraction of sp³-hybridized carbons (Fsp3) is 0.100. The van der Waals surface area contributed by atoms with Gasteiger partial charge in [-0.3, -0.25) is 0 Å². The Morgan fingerprint density at radius 3 is 2.92 bits per heavy atom. The average molecular weight is 480 g/mol. The molecule has 0 fully saturated rings. The van der Waals surface area contributed by atoms with Gasteiger partial charge in [-0.2, -0.15) is 0 Å². The van der Waals surface area contributed by atoms with Crippen molar-refractivity contribution in [3.05, 3.63) is 80.0 Å². The lowest BCUT2D eigenvalue weighted by molar-refractivity contribution is -0.129. The minimum absolute atomic E-state index is 0.208. The van der Waals surface area contributed by atoms with Gasteiger partial charge in [0.15, 0.2) is 5.70 Å². The van der Waals surface area contributed by atoms with E-state index in [4.69, 9.17) is 21.1 Å². The Kier molecular flexibility index (Phi) is 5.78. The minimum Gasteiger partial charge on any atom is -0.489 e. The molecule has 3 rings (SSSR count). The summed E-state index contributed by atoms with van der Waals surface area (Å²) in [6, 6.07) is 12.8. The quantitative estimate of drug-likeness (QED) is 0.255. The molecule has 0 bridgehead atoms. The summed E-state index contributed by atoms with van der Waals surface area (Å²) >= 11 is 8.36. The number of hydrogen-bond donors (Lipinski definition) is 0. The fourth-order valence-electron chi connectivity index (χ4n) is 2.24. The number of cyclic esters (lactones) is 1. The van der Waals surface area contributed by atoms with Crippen LogP contribution in [0, 0.1) is 3.57 Å². The second-order valence-corrected chi connectivity index (χ2v) is 7.43. The number of ether oxygens (including phenoxy) is 2. The van der Waals surface area contributed by atoms with Crippen molar-refractivity contribution in [3.63, 3.8) is 0 Å². The molecule has 1 heterocycles. The lowest BCUT2D eigenvalue weighted by atomic mass is 10.2. The minimum atomic E-state index is -0.511. The SMILES string of the molecule is C=C(C)COc1cccc(/C=C2/N=C(c3cc(I)ccc3Cl)OC2=O)c1. The van der Waals surface area contributed by atoms with E-state index >= 15 is 0 Å². The maximum absolute atomic E-state index is 12.2. The van der Waals surface area contributed by atoms with E-state index in [1.54, 1.807) is 12.1 Å². The molecule has 6 heteroatoms. The van der Waals surface area contributed by atoms with Gasteiger partial charge >= 0.3 is 5.97 Å². The van der Waals surface area contributed by atoms with Gasteiger partial charge in [0, 0.05) is 3.57 Å². The largest absolute Gasteiger partial charge is 0.489 e. The Morgan fingerprint density at radius 1 is 1.35 bits per heavy atom. The zero-order valence-corrected chi connectivity index (χ0v) is 16.9. The van der Waals surface area contributed by atoms with Gasteiger partial charge in [-0.25, -0.2) is 9.79 Å². The molecule has 0 spiro atoms. The lowest BCUT2D eigenvalue weighted by Gasteiger charge is -2.06. The molecule has 0 atom stereocenters. The van der Waals surface area contributed by atoms with Crippen LogP contribution in [-0.2, 0) is 9.53 Å². The Morgan fingerprint density at radius 2 is 2.15 bits per heavy atom. The molecule has 0 amide bonds. The van der Waals surface area contributed by atoms with Crippen LogP contribution in [0.25, 0.3) is 6.08 Å². The molecule has 1 aliphatic rings. The van der Waals surface area contributed by atoms with E-state index in [1.165, 1.54) is 0 Å². The third-order valence-electron chi connectivity index (χ3n) is 3.43. The average Bonchev–Trinajstić information content (AvgIpc) is 2.96. The molecule has 0 aliphatic carbocycles. The van der Waals surface area contributed by atoms with Crippen LogP contribution in [0.3, 0.4) is 0 Å². The first-order chi connectivity index (χ1) is 12.4. The van der Waals surface area contributed by atoms with Gasteiger partial charge in [0.05, 0.1) is 10.6 Å². The van der Waals surface area contributed by atoms with Crippen LogP contribution in [0.15, 0.2) is 65.3 Å². The van der Waals surface area contributed by atoms with Crippen LogP contribution in [0.1, 0.15) is 18.1 Å². The molecule has 0 radical (unpaired) electrons. The summed E-state index contributed by atoms with van der Waals surface area (Å²) in [6.45, 7) is 6.14. The number of aliphatic imine (C=N–C) groups is 1. The van der Waals surface area contributed by atoms with Gasteiger partial charge in [-0.05, 0) is 77.1 Å². The van der Waals surface area contributed by atoms with Crippen molar-refractivity contribution in [1.82, 2.24) is 0 Å². The molecular formula is C20H15ClINO3. The number of benzene rings is 2. The van der Waals surface area contributed by atoms with Crippen molar-refractivity contribution >= 4 is 52.1 Å². The Balaban J connectivity index is 1.88. The summed E-state index contributed by atoms with van der Waals surface area (Å²) in [6.07, 6.45) is 1.66. The molecule has 26 heavy (non-hydrogen) atoms. The van der Waals surface area contributed by atoms with Gasteiger partial charge in [-0.15, -0.1) is 0 Å². The molecular weight excluding hydrogens is 465 g/mol. The number of rotatable bonds is 5. The van der Waals surface area contributed by atoms with Gasteiger partial charge in [0.1, 0.15) is 12.4 Å². The smallest absolute Gasteiger partial charge is 0.363 e. The highest BCUT2D eigenvalue weighted by Gasteiger charge is 2.25. The Hall–Kier alpha value is -2.12. The van der Waals surface area contributed by atoms with Crippen molar-refractivity contribution in [2.24, 2.45) is 4.99 Å². The van der Waals surface area contributed by atoms with Gasteiger partial charge in [0.25, 0.3) is 0 Å². The number of hydrogen-bond acceptors (Lipinski definition) is 4. The third kappa shape index (κ3) is 4.53. The topological polar surface area (TPSA) is 47.9 Å². The first-order valence-electron chi connectivity index (χ1n) is 7.77. The van der Waals surface area contributed by atoms with Crippen LogP contribution >= 0.6 is 34.2 Å². The van der Waals surface area contributed by atoms with Crippen LogP contribution < -0.4 is 4.74 Å². The summed E-state index contributed by atoms with van der Waals surface area (Å²) in [5, 5.41) is 0.480. The summed E-state index contributed by atoms with van der Waals surface area (Å²) in [5.74, 6) is 0.390. The van der Waals surface area contributed by atoms with E-state index in [1.807, 2.05) is 43.3 Å². The van der Waals surface area contributed by atoms with E-state index < -0.39 is 5.97 Å². The molecule has 132 valence electrons. The number of halogens is 2. The lowest BCUT2D eigenvalue weighted by Crippen LogP contribution is -2.06. The summed E-state index contributed by atoms with van der Waals surface area (Å²) in [7, 11) is 0. The monoisotopic (exact) mass is 479 g/mol. The maximum Gasteiger partial charge on any atom is 0.363 e. The van der Waals surface area contributed by atoms with Gasteiger partial charge in [0.2, 0.25) is 5.90 Å². The standard InChI is InChI=1S/C20H15ClINO3/c1-12(2)11-25-15-5-3-4-13(8-15)9-18-20(24)26-19(23-18)16-10-14(22)6-7-17(16)21/h3-10H,1,11H2,2H3/b18-9+. The molecule has 1 aliphatic heterocycles. The fourth-order valence-corrected chi connectivity index (χ4v) is 2.93. The molecule has 0 saturated heterocycles. The van der Waals surface area contributed by atoms with E-state index in [0.29, 0.717) is 22.9 Å². The predicted molar refractivity (Wildman–Crippen MR) is 112 cm³/mol. The van der Waals surface area contributed by atoms with Crippen LogP contribution in [0.5, 0.6) is 5.75 Å². The van der Waals surface area contributed by atoms with Crippen LogP contribution in [0.4, 0.5) is 0 Å². The van der Waals surface area contributed by atoms with Crippen molar-refractivity contribution in [1.29, 1.82) is 0 Å². The second kappa shape index (κ2) is 8.05. The number of carbonyl (C=O) groups excluding carboxylic acids is 1. The Labute approximate surface area is 170 Å². The number of nitrogens with zero attached hydrogens (tertiary/aromatic N) is 1. The summed E-state index contributed by atoms with van der Waals surface area (Å²) in [5.41, 5.74) is 2.52. The van der Waals surface area contributed by atoms with Gasteiger partial charge in [-0.1, -0.05) is 30.3 Å². The highest BCUT2D eigenvalue weighted by molar-refractivity contribution is 14.1. The molecule has 0 aromatic heterocycles. The van der Waals surface area contributed by atoms with Crippen molar-refractivity contribution in [2.45, 2.75) is 6.92 Å². The van der Waals surface area contributed by atoms with Crippen molar-refractivity contribution < 1.29 is 14.3 Å². The molecule has 0 N–H and O–H groups in total. The second-order valence-electron chi connectivity index (χ2n) is 5.78. The summed E-state index contributed by atoms with van der Waals surface area (Å²) in [4.78, 5) is 16.5. The predicted octanol–water partition coefficient (Wildman–Crippen LogP) is 5.24.